The first kappa shape index (κ1) is 32.8. The molecule has 3 aromatic heterocycles. The van der Waals surface area contributed by atoms with Gasteiger partial charge in [0.25, 0.3) is 11.5 Å². The number of carbonyl (C=O) groups excluding carboxylic acids is 3. The molecule has 5 aromatic rings. The number of aromatic nitrogens is 5. The molecule has 7 rings (SSSR count). The molecule has 2 aliphatic heterocycles. The van der Waals surface area contributed by atoms with E-state index < -0.39 is 6.04 Å². The summed E-state index contributed by atoms with van der Waals surface area (Å²) in [7, 11) is 3.15. The second-order valence-corrected chi connectivity index (χ2v) is 12.7. The number of imidazole rings is 1. The van der Waals surface area contributed by atoms with E-state index in [2.05, 4.69) is 36.1 Å². The summed E-state index contributed by atoms with van der Waals surface area (Å²) in [4.78, 5) is 64.4. The second-order valence-electron chi connectivity index (χ2n) is 12.3. The number of halogens is 1. The molecule has 5 heterocycles. The highest BCUT2D eigenvalue weighted by Crippen LogP contribution is 2.30. The van der Waals surface area contributed by atoms with Crippen LogP contribution in [0, 0.1) is 0 Å². The first-order chi connectivity index (χ1) is 24.2. The maximum absolute atomic E-state index is 12.7. The Bertz CT molecular complexity index is 2190. The van der Waals surface area contributed by atoms with Crippen LogP contribution in [0.4, 0.5) is 23.1 Å². The van der Waals surface area contributed by atoms with E-state index in [4.69, 9.17) is 21.3 Å². The largest absolute Gasteiger partial charge is 0.478 e. The van der Waals surface area contributed by atoms with Gasteiger partial charge < -0.3 is 34.7 Å². The normalized spacial score (nSPS) is 16.8. The molecular formula is C34H35ClN10O5. The van der Waals surface area contributed by atoms with Crippen LogP contribution in [0.25, 0.3) is 21.9 Å². The minimum atomic E-state index is -0.472. The van der Waals surface area contributed by atoms with Crippen molar-refractivity contribution in [2.24, 2.45) is 7.05 Å². The Morgan fingerprint density at radius 2 is 1.82 bits per heavy atom. The molecule has 2 aliphatic rings. The SMILES string of the molecule is CNC(=O)COc1cc2cc(Nc3nc(N4CCC(Nc5ccc6ncn(C7CCC(=O)NC7=O)c6c5)CC4)ncc3Cl)ccc2n(C)c1=O. The zero-order chi connectivity index (χ0) is 34.9. The van der Waals surface area contributed by atoms with E-state index in [0.29, 0.717) is 40.8 Å². The molecule has 16 heteroatoms. The van der Waals surface area contributed by atoms with Crippen LogP contribution in [0.15, 0.2) is 59.8 Å². The summed E-state index contributed by atoms with van der Waals surface area (Å²) in [6.45, 7) is 1.17. The number of fused-ring (bicyclic) bond motifs is 2. The third-order valence-electron chi connectivity index (χ3n) is 9.09. The number of benzene rings is 2. The molecule has 258 valence electrons. The molecular weight excluding hydrogens is 664 g/mol. The molecule has 2 saturated heterocycles. The van der Waals surface area contributed by atoms with Crippen molar-refractivity contribution < 1.29 is 19.1 Å². The highest BCUT2D eigenvalue weighted by Gasteiger charge is 2.29. The highest BCUT2D eigenvalue weighted by molar-refractivity contribution is 6.33. The Labute approximate surface area is 291 Å². The van der Waals surface area contributed by atoms with Crippen LogP contribution in [-0.4, -0.2) is 74.6 Å². The molecule has 1 atom stereocenters. The van der Waals surface area contributed by atoms with E-state index in [0.717, 1.165) is 48.0 Å². The highest BCUT2D eigenvalue weighted by atomic mass is 35.5. The first-order valence-electron chi connectivity index (χ1n) is 16.3. The Kier molecular flexibility index (Phi) is 8.97. The number of rotatable bonds is 9. The van der Waals surface area contributed by atoms with Gasteiger partial charge in [-0.3, -0.25) is 24.5 Å². The topological polar surface area (TPSA) is 177 Å². The number of likely N-dealkylation sites (N-methyl/N-ethyl adjacent to an activating group) is 1. The molecule has 50 heavy (non-hydrogen) atoms. The number of nitrogens with one attached hydrogen (secondary N) is 4. The number of hydrogen-bond acceptors (Lipinski definition) is 11. The van der Waals surface area contributed by atoms with Crippen LogP contribution in [-0.2, 0) is 21.4 Å². The van der Waals surface area contributed by atoms with Crippen LogP contribution >= 0.6 is 11.6 Å². The predicted molar refractivity (Wildman–Crippen MR) is 189 cm³/mol. The van der Waals surface area contributed by atoms with Crippen molar-refractivity contribution in [3.63, 3.8) is 0 Å². The maximum Gasteiger partial charge on any atom is 0.293 e. The number of pyridine rings is 1. The molecule has 0 spiro atoms. The summed E-state index contributed by atoms with van der Waals surface area (Å²) in [5.41, 5.74) is 3.59. The van der Waals surface area contributed by atoms with Crippen LogP contribution in [0.1, 0.15) is 31.7 Å². The van der Waals surface area contributed by atoms with Crippen LogP contribution in [0.5, 0.6) is 5.75 Å². The minimum Gasteiger partial charge on any atom is -0.478 e. The molecule has 15 nitrogen and oxygen atoms in total. The molecule has 3 amide bonds. The Balaban J connectivity index is 1.01. The van der Waals surface area contributed by atoms with Gasteiger partial charge in [0.05, 0.1) is 29.1 Å². The Morgan fingerprint density at radius 1 is 1.02 bits per heavy atom. The summed E-state index contributed by atoms with van der Waals surface area (Å²) in [5, 5.41) is 12.9. The Hall–Kier alpha value is -5.70. The van der Waals surface area contributed by atoms with E-state index >= 15 is 0 Å². The number of imide groups is 1. The Morgan fingerprint density at radius 3 is 2.60 bits per heavy atom. The third kappa shape index (κ3) is 6.63. The molecule has 0 saturated carbocycles. The average molecular weight is 699 g/mol. The van der Waals surface area contributed by atoms with Crippen molar-refractivity contribution in [3.05, 3.63) is 70.4 Å². The quantitative estimate of drug-likeness (QED) is 0.166. The maximum atomic E-state index is 12.7. The lowest BCUT2D eigenvalue weighted by Crippen LogP contribution is -2.41. The molecule has 0 radical (unpaired) electrons. The predicted octanol–water partition coefficient (Wildman–Crippen LogP) is 3.26. The van der Waals surface area contributed by atoms with Gasteiger partial charge in [0.2, 0.25) is 17.8 Å². The smallest absolute Gasteiger partial charge is 0.293 e. The summed E-state index contributed by atoms with van der Waals surface area (Å²) < 4.78 is 8.80. The van der Waals surface area contributed by atoms with Crippen molar-refractivity contribution in [2.75, 3.05) is 42.3 Å². The van der Waals surface area contributed by atoms with Crippen molar-refractivity contribution >= 4 is 74.4 Å². The number of carbonyl (C=O) groups is 3. The lowest BCUT2D eigenvalue weighted by Gasteiger charge is -2.33. The van der Waals surface area contributed by atoms with Gasteiger partial charge in [0, 0.05) is 56.4 Å². The summed E-state index contributed by atoms with van der Waals surface area (Å²) in [6.07, 6.45) is 5.66. The van der Waals surface area contributed by atoms with Gasteiger partial charge in [0.15, 0.2) is 18.2 Å². The fourth-order valence-corrected chi connectivity index (χ4v) is 6.49. The zero-order valence-electron chi connectivity index (χ0n) is 27.4. The fourth-order valence-electron chi connectivity index (χ4n) is 6.36. The third-order valence-corrected chi connectivity index (χ3v) is 9.37. The van der Waals surface area contributed by atoms with Gasteiger partial charge in [-0.05, 0) is 61.7 Å². The molecule has 0 bridgehead atoms. The molecule has 1 unspecified atom stereocenters. The molecule has 0 aliphatic carbocycles. The van der Waals surface area contributed by atoms with Crippen molar-refractivity contribution in [1.82, 2.24) is 34.7 Å². The van der Waals surface area contributed by atoms with Crippen LogP contribution in [0.2, 0.25) is 5.02 Å². The fraction of sp³-hybridized carbons (Fsp3) is 0.324. The first-order valence-corrected chi connectivity index (χ1v) is 16.6. The number of aryl methyl sites for hydroxylation is 1. The monoisotopic (exact) mass is 698 g/mol. The van der Waals surface area contributed by atoms with Crippen LogP contribution in [0.3, 0.4) is 0 Å². The van der Waals surface area contributed by atoms with E-state index in [1.807, 2.05) is 41.0 Å². The number of amides is 3. The standard InChI is InChI=1S/C34H35ClN10O5/c1-36-30(47)17-50-28-14-19-13-21(4-6-25(19)43(2)33(28)49)40-31-23(35)16-37-34(42-31)44-11-9-20(10-12-44)39-22-3-5-24-27(15-22)45(18-38-24)26-7-8-29(46)41-32(26)48/h3-6,13-16,18,20,26,39H,7-12,17H2,1-2H3,(H,36,47)(H,37,40,42)(H,41,46,48). The average Bonchev–Trinajstić information content (AvgIpc) is 3.53. The van der Waals surface area contributed by atoms with Gasteiger partial charge in [0.1, 0.15) is 11.1 Å². The van der Waals surface area contributed by atoms with Crippen molar-refractivity contribution in [2.45, 2.75) is 37.8 Å². The number of piperidine rings is 2. The van der Waals surface area contributed by atoms with Crippen molar-refractivity contribution in [3.8, 4) is 5.75 Å². The number of nitrogens with zero attached hydrogens (tertiary/aromatic N) is 6. The number of ether oxygens (including phenoxy) is 1. The number of anilines is 4. The minimum absolute atomic E-state index is 0.0698. The van der Waals surface area contributed by atoms with Gasteiger partial charge in [-0.2, -0.15) is 4.98 Å². The zero-order valence-corrected chi connectivity index (χ0v) is 28.2. The van der Waals surface area contributed by atoms with E-state index in [-0.39, 0.29) is 41.7 Å². The number of hydrogen-bond donors (Lipinski definition) is 4. The van der Waals surface area contributed by atoms with E-state index in [9.17, 15) is 19.2 Å². The lowest BCUT2D eigenvalue weighted by atomic mass is 10.0. The van der Waals surface area contributed by atoms with E-state index in [1.54, 1.807) is 25.6 Å². The van der Waals surface area contributed by atoms with Crippen molar-refractivity contribution in [1.29, 1.82) is 0 Å². The van der Waals surface area contributed by atoms with Gasteiger partial charge in [-0.15, -0.1) is 0 Å². The molecule has 2 fully saturated rings. The molecule has 2 aromatic carbocycles. The molecule has 4 N–H and O–H groups in total. The summed E-state index contributed by atoms with van der Waals surface area (Å²) in [5.74, 6) is 0.172. The summed E-state index contributed by atoms with van der Waals surface area (Å²) in [6, 6.07) is 12.8. The summed E-state index contributed by atoms with van der Waals surface area (Å²) >= 11 is 6.52. The van der Waals surface area contributed by atoms with Gasteiger partial charge in [-0.25, -0.2) is 9.97 Å². The lowest BCUT2D eigenvalue weighted by molar-refractivity contribution is -0.135. The van der Waals surface area contributed by atoms with Crippen LogP contribution < -0.4 is 36.5 Å². The van der Waals surface area contributed by atoms with Gasteiger partial charge in [-0.1, -0.05) is 11.6 Å². The second kappa shape index (κ2) is 13.7. The van der Waals surface area contributed by atoms with Gasteiger partial charge >= 0.3 is 0 Å². The van der Waals surface area contributed by atoms with E-state index in [1.165, 1.54) is 11.6 Å².